The summed E-state index contributed by atoms with van der Waals surface area (Å²) in [5.74, 6) is -0.278. The number of nitrogens with zero attached hydrogens (tertiary/aromatic N) is 6. The van der Waals surface area contributed by atoms with E-state index >= 15 is 0 Å². The van der Waals surface area contributed by atoms with Crippen LogP contribution in [0.2, 0.25) is 0 Å². The SMILES string of the molecule is CC1(C)C(=O)N(Br)C(=O)N1Br.CSc1ncnc2c(Br)scc12.CSc1ncnc2cscc12. The second-order valence-corrected chi connectivity index (χ2v) is 12.9. The van der Waals surface area contributed by atoms with Crippen LogP contribution in [0, 0.1) is 0 Å². The maximum atomic E-state index is 11.2. The monoisotopic (exact) mass is 726 g/mol. The predicted molar refractivity (Wildman–Crippen MR) is 152 cm³/mol. The molecule has 0 N–H and O–H groups in total. The lowest BCUT2D eigenvalue weighted by Gasteiger charge is -2.19. The van der Waals surface area contributed by atoms with E-state index in [4.69, 9.17) is 0 Å². The number of urea groups is 1. The number of hydrogen-bond donors (Lipinski definition) is 0. The molecule has 4 aromatic heterocycles. The Hall–Kier alpha value is -0.840. The minimum absolute atomic E-state index is 0.278. The largest absolute Gasteiger partial charge is 0.348 e. The van der Waals surface area contributed by atoms with Crippen molar-refractivity contribution >= 4 is 128 Å². The highest BCUT2D eigenvalue weighted by Gasteiger charge is 2.50. The topological polar surface area (TPSA) is 92.2 Å². The normalized spacial score (nSPS) is 14.8. The van der Waals surface area contributed by atoms with Crippen molar-refractivity contribution in [1.29, 1.82) is 0 Å². The molecule has 0 unspecified atom stereocenters. The van der Waals surface area contributed by atoms with Crippen LogP contribution in [0.5, 0.6) is 0 Å². The lowest BCUT2D eigenvalue weighted by Crippen LogP contribution is -2.37. The average Bonchev–Trinajstić information content (AvgIpc) is 3.52. The highest BCUT2D eigenvalue weighted by Crippen LogP contribution is 2.33. The Morgan fingerprint density at radius 1 is 0.912 bits per heavy atom. The van der Waals surface area contributed by atoms with E-state index in [2.05, 4.69) is 78.9 Å². The van der Waals surface area contributed by atoms with Gasteiger partial charge in [0.2, 0.25) is 0 Å². The summed E-state index contributed by atoms with van der Waals surface area (Å²) in [5, 5.41) is 10.6. The van der Waals surface area contributed by atoms with Crippen molar-refractivity contribution in [3.8, 4) is 0 Å². The van der Waals surface area contributed by atoms with Crippen molar-refractivity contribution in [1.82, 2.24) is 27.8 Å². The molecule has 0 aromatic carbocycles. The van der Waals surface area contributed by atoms with E-state index in [1.807, 2.05) is 17.9 Å². The van der Waals surface area contributed by atoms with Crippen LogP contribution >= 0.6 is 94.4 Å². The standard InChI is InChI=1S/C7H5BrN2S2.C7H6N2S2.C5H6Br2N2O2/c1-11-7-4-2-12-6(8)5(4)9-3-10-7;1-10-7-5-2-11-3-6(5)8-4-9-7;1-5(2)3(10)8(6)4(11)9(5)7/h2-3H,1H3;2-4H,1H3;1-2H3. The Bertz CT molecular complexity index is 1330. The number of thioether (sulfide) groups is 2. The Kier molecular flexibility index (Phi) is 9.73. The Morgan fingerprint density at radius 2 is 1.53 bits per heavy atom. The summed E-state index contributed by atoms with van der Waals surface area (Å²) in [5.41, 5.74) is 1.26. The molecule has 1 aliphatic rings. The smallest absolute Gasteiger partial charge is 0.271 e. The minimum Gasteiger partial charge on any atom is -0.271 e. The van der Waals surface area contributed by atoms with E-state index in [1.54, 1.807) is 72.7 Å². The second-order valence-electron chi connectivity index (χ2n) is 6.92. The summed E-state index contributed by atoms with van der Waals surface area (Å²) in [6, 6.07) is -0.403. The van der Waals surface area contributed by atoms with Gasteiger partial charge in [0.15, 0.2) is 0 Å². The first-order valence-corrected chi connectivity index (χ1v) is 15.7. The van der Waals surface area contributed by atoms with Gasteiger partial charge in [0.1, 0.15) is 28.2 Å². The van der Waals surface area contributed by atoms with Crippen LogP contribution in [0.1, 0.15) is 13.8 Å². The number of carbonyl (C=O) groups is 2. The molecule has 8 nitrogen and oxygen atoms in total. The van der Waals surface area contributed by atoms with Crippen LogP contribution in [0.3, 0.4) is 0 Å². The van der Waals surface area contributed by atoms with Gasteiger partial charge in [-0.1, -0.05) is 0 Å². The first kappa shape index (κ1) is 27.7. The van der Waals surface area contributed by atoms with Crippen molar-refractivity contribution in [3.05, 3.63) is 32.6 Å². The molecular weight excluding hydrogens is 712 g/mol. The van der Waals surface area contributed by atoms with Crippen LogP contribution in [-0.4, -0.2) is 57.8 Å². The first-order chi connectivity index (χ1) is 16.1. The zero-order valence-corrected chi connectivity index (χ0v) is 26.2. The molecule has 0 bridgehead atoms. The number of fused-ring (bicyclic) bond motifs is 2. The fourth-order valence-corrected chi connectivity index (χ4v) is 7.02. The molecule has 1 fully saturated rings. The number of imide groups is 1. The Balaban J connectivity index is 0.000000143. The number of aromatic nitrogens is 4. The maximum absolute atomic E-state index is 11.2. The van der Waals surface area contributed by atoms with Gasteiger partial charge in [-0.15, -0.1) is 46.2 Å². The van der Waals surface area contributed by atoms with Gasteiger partial charge >= 0.3 is 6.03 Å². The van der Waals surface area contributed by atoms with Crippen molar-refractivity contribution in [3.63, 3.8) is 0 Å². The zero-order chi connectivity index (χ0) is 25.0. The molecule has 180 valence electrons. The minimum atomic E-state index is -0.805. The molecule has 0 saturated carbocycles. The third-order valence-corrected chi connectivity index (χ3v) is 10.1. The third-order valence-electron chi connectivity index (χ3n) is 4.47. The van der Waals surface area contributed by atoms with Crippen LogP contribution in [-0.2, 0) is 4.79 Å². The molecule has 3 amide bonds. The van der Waals surface area contributed by atoms with E-state index in [-0.39, 0.29) is 5.91 Å². The summed E-state index contributed by atoms with van der Waals surface area (Å²) in [6.45, 7) is 3.31. The van der Waals surface area contributed by atoms with Crippen molar-refractivity contribution in [2.45, 2.75) is 29.4 Å². The molecule has 15 heteroatoms. The highest BCUT2D eigenvalue weighted by molar-refractivity contribution is 9.11. The summed E-state index contributed by atoms with van der Waals surface area (Å²) >= 11 is 15.9. The van der Waals surface area contributed by atoms with Gasteiger partial charge in [0, 0.05) is 26.9 Å². The van der Waals surface area contributed by atoms with Crippen molar-refractivity contribution in [2.75, 3.05) is 12.5 Å². The molecule has 4 aromatic rings. The quantitative estimate of drug-likeness (QED) is 0.0924. The van der Waals surface area contributed by atoms with Gasteiger partial charge in [-0.2, -0.15) is 3.93 Å². The Morgan fingerprint density at radius 3 is 2.06 bits per heavy atom. The number of amides is 3. The van der Waals surface area contributed by atoms with Crippen LogP contribution in [0.25, 0.3) is 21.8 Å². The number of hydrogen-bond acceptors (Lipinski definition) is 10. The molecule has 1 saturated heterocycles. The molecular formula is C19H17Br3N6O2S4. The number of thiophene rings is 2. The van der Waals surface area contributed by atoms with Gasteiger partial charge in [0.05, 0.1) is 47.1 Å². The second kappa shape index (κ2) is 11.9. The summed E-state index contributed by atoms with van der Waals surface area (Å²) in [7, 11) is 0. The lowest BCUT2D eigenvalue weighted by molar-refractivity contribution is -0.127. The van der Waals surface area contributed by atoms with E-state index in [1.165, 1.54) is 9.31 Å². The van der Waals surface area contributed by atoms with Gasteiger partial charge in [-0.3, -0.25) is 4.79 Å². The van der Waals surface area contributed by atoms with Crippen molar-refractivity contribution < 1.29 is 9.59 Å². The van der Waals surface area contributed by atoms with Crippen molar-refractivity contribution in [2.24, 2.45) is 0 Å². The summed E-state index contributed by atoms with van der Waals surface area (Å²) < 4.78 is 3.19. The maximum Gasteiger partial charge on any atom is 0.348 e. The Labute approximate surface area is 238 Å². The highest BCUT2D eigenvalue weighted by atomic mass is 79.9. The number of rotatable bonds is 2. The van der Waals surface area contributed by atoms with E-state index in [0.717, 1.165) is 34.2 Å². The zero-order valence-electron chi connectivity index (χ0n) is 18.2. The van der Waals surface area contributed by atoms with Crippen LogP contribution in [0.4, 0.5) is 4.79 Å². The molecule has 0 spiro atoms. The average molecular weight is 729 g/mol. The fourth-order valence-electron chi connectivity index (χ4n) is 2.62. The molecule has 0 aliphatic carbocycles. The third kappa shape index (κ3) is 5.76. The fraction of sp³-hybridized carbons (Fsp3) is 0.263. The molecule has 34 heavy (non-hydrogen) atoms. The lowest BCUT2D eigenvalue weighted by atomic mass is 10.1. The van der Waals surface area contributed by atoms with E-state index in [0.29, 0.717) is 0 Å². The molecule has 0 atom stereocenters. The predicted octanol–water partition coefficient (Wildman–Crippen LogP) is 7.24. The van der Waals surface area contributed by atoms with Gasteiger partial charge in [-0.05, 0) is 42.3 Å². The molecule has 1 aliphatic heterocycles. The van der Waals surface area contributed by atoms with Gasteiger partial charge in [-0.25, -0.2) is 28.7 Å². The summed E-state index contributed by atoms with van der Waals surface area (Å²) in [6.07, 6.45) is 7.26. The van der Waals surface area contributed by atoms with Crippen LogP contribution in [0.15, 0.2) is 42.6 Å². The van der Waals surface area contributed by atoms with E-state index < -0.39 is 11.6 Å². The van der Waals surface area contributed by atoms with Gasteiger partial charge in [0.25, 0.3) is 5.91 Å². The molecule has 5 rings (SSSR count). The number of carbonyl (C=O) groups excluding carboxylic acids is 2. The molecule has 0 radical (unpaired) electrons. The van der Waals surface area contributed by atoms with E-state index in [9.17, 15) is 9.59 Å². The van der Waals surface area contributed by atoms with Gasteiger partial charge < -0.3 is 0 Å². The summed E-state index contributed by atoms with van der Waals surface area (Å²) in [4.78, 5) is 39.0. The number of halogens is 3. The first-order valence-electron chi connectivity index (χ1n) is 9.26. The van der Waals surface area contributed by atoms with Crippen LogP contribution < -0.4 is 0 Å². The molecule has 5 heterocycles.